The summed E-state index contributed by atoms with van der Waals surface area (Å²) in [5.41, 5.74) is 4.16. The molecule has 0 radical (unpaired) electrons. The average molecular weight is 357 g/mol. The van der Waals surface area contributed by atoms with Crippen LogP contribution in [-0.2, 0) is 14.6 Å². The minimum Gasteiger partial charge on any atom is -0.228 e. The van der Waals surface area contributed by atoms with E-state index in [4.69, 9.17) is 0 Å². The summed E-state index contributed by atoms with van der Waals surface area (Å²) < 4.78 is 26.4. The molecule has 25 heavy (non-hydrogen) atoms. The molecule has 0 aliphatic heterocycles. The molecule has 0 spiro atoms. The third-order valence-corrected chi connectivity index (χ3v) is 7.98. The van der Waals surface area contributed by atoms with E-state index >= 15 is 0 Å². The second kappa shape index (κ2) is 7.33. The molecule has 2 aromatic carbocycles. The molecule has 0 fully saturated rings. The number of rotatable bonds is 8. The predicted molar refractivity (Wildman–Crippen MR) is 105 cm³/mol. The fourth-order valence-electron chi connectivity index (χ4n) is 4.18. The van der Waals surface area contributed by atoms with Gasteiger partial charge in [0.05, 0.1) is 5.75 Å². The number of benzene rings is 2. The summed E-state index contributed by atoms with van der Waals surface area (Å²) in [6.45, 7) is 4.21. The third kappa shape index (κ3) is 2.93. The highest BCUT2D eigenvalue weighted by Gasteiger charge is 2.51. The lowest BCUT2D eigenvalue weighted by Crippen LogP contribution is -2.37. The van der Waals surface area contributed by atoms with Gasteiger partial charge in [0.2, 0.25) is 0 Å². The molecule has 2 nitrogen and oxygen atoms in total. The maximum Gasteiger partial charge on any atom is 0.164 e. The van der Waals surface area contributed by atoms with Crippen LogP contribution in [0.3, 0.4) is 0 Å². The summed E-state index contributed by atoms with van der Waals surface area (Å²) in [4.78, 5) is 0. The van der Waals surface area contributed by atoms with Gasteiger partial charge in [-0.15, -0.1) is 0 Å². The largest absolute Gasteiger partial charge is 0.228 e. The Morgan fingerprint density at radius 2 is 1.28 bits per heavy atom. The molecular formula is C22H28O2S. The summed E-state index contributed by atoms with van der Waals surface area (Å²) in [6.07, 6.45) is 5.39. The van der Waals surface area contributed by atoms with Crippen LogP contribution in [0.2, 0.25) is 0 Å². The van der Waals surface area contributed by atoms with E-state index < -0.39 is 14.6 Å². The Kier molecular flexibility index (Phi) is 5.33. The molecule has 0 bridgehead atoms. The molecule has 0 atom stereocenters. The third-order valence-electron chi connectivity index (χ3n) is 5.44. The topological polar surface area (TPSA) is 34.1 Å². The molecule has 0 heterocycles. The Bertz CT molecular complexity index is 791. The minimum atomic E-state index is -3.29. The molecule has 0 N–H and O–H groups in total. The first-order valence-electron chi connectivity index (χ1n) is 9.50. The lowest BCUT2D eigenvalue weighted by molar-refractivity contribution is 0.517. The second-order valence-electron chi connectivity index (χ2n) is 7.05. The molecule has 0 saturated carbocycles. The Labute approximate surface area is 152 Å². The summed E-state index contributed by atoms with van der Waals surface area (Å²) in [5, 5.41) is 0. The summed E-state index contributed by atoms with van der Waals surface area (Å²) in [6, 6.07) is 16.2. The fraction of sp³-hybridized carbons (Fsp3) is 0.455. The van der Waals surface area contributed by atoms with Crippen LogP contribution in [0.25, 0.3) is 11.1 Å². The van der Waals surface area contributed by atoms with Gasteiger partial charge in [0.25, 0.3) is 0 Å². The highest BCUT2D eigenvalue weighted by atomic mass is 32.2. The van der Waals surface area contributed by atoms with E-state index in [0.29, 0.717) is 6.42 Å². The van der Waals surface area contributed by atoms with Crippen LogP contribution >= 0.6 is 0 Å². The normalized spacial score (nSPS) is 15.0. The van der Waals surface area contributed by atoms with E-state index in [0.717, 1.165) is 54.4 Å². The van der Waals surface area contributed by atoms with Crippen LogP contribution in [0.1, 0.15) is 63.5 Å². The Balaban J connectivity index is 2.23. The van der Waals surface area contributed by atoms with Crippen LogP contribution in [0, 0.1) is 0 Å². The zero-order chi connectivity index (χ0) is 17.9. The summed E-state index contributed by atoms with van der Waals surface area (Å²) >= 11 is 0. The molecule has 0 unspecified atom stereocenters. The van der Waals surface area contributed by atoms with Crippen LogP contribution in [0.4, 0.5) is 0 Å². The SMILES string of the molecule is CCCCCC1(S(=O)(=O)CCCC)c2ccccc2-c2ccccc21. The van der Waals surface area contributed by atoms with Gasteiger partial charge in [-0.05, 0) is 35.1 Å². The molecule has 3 heteroatoms. The van der Waals surface area contributed by atoms with Gasteiger partial charge in [-0.3, -0.25) is 0 Å². The van der Waals surface area contributed by atoms with Crippen LogP contribution in [0.15, 0.2) is 48.5 Å². The van der Waals surface area contributed by atoms with Gasteiger partial charge in [-0.1, -0.05) is 88.1 Å². The Morgan fingerprint density at radius 3 is 1.80 bits per heavy atom. The number of sulfone groups is 1. The number of unbranched alkanes of at least 4 members (excludes halogenated alkanes) is 3. The zero-order valence-electron chi connectivity index (χ0n) is 15.3. The second-order valence-corrected chi connectivity index (χ2v) is 9.38. The minimum absolute atomic E-state index is 0.262. The average Bonchev–Trinajstić information content (AvgIpc) is 2.92. The van der Waals surface area contributed by atoms with Gasteiger partial charge in [-0.2, -0.15) is 0 Å². The first kappa shape index (κ1) is 18.2. The van der Waals surface area contributed by atoms with Crippen molar-refractivity contribution in [2.45, 2.75) is 57.1 Å². The molecule has 1 aliphatic rings. The van der Waals surface area contributed by atoms with Crippen molar-refractivity contribution < 1.29 is 8.42 Å². The maximum absolute atomic E-state index is 13.6. The van der Waals surface area contributed by atoms with E-state index in [1.165, 1.54) is 0 Å². The quantitative estimate of drug-likeness (QED) is 0.568. The van der Waals surface area contributed by atoms with Crippen molar-refractivity contribution in [3.05, 3.63) is 59.7 Å². The van der Waals surface area contributed by atoms with Crippen molar-refractivity contribution in [2.75, 3.05) is 5.75 Å². The van der Waals surface area contributed by atoms with Crippen molar-refractivity contribution in [1.82, 2.24) is 0 Å². The van der Waals surface area contributed by atoms with Crippen LogP contribution in [-0.4, -0.2) is 14.2 Å². The van der Waals surface area contributed by atoms with E-state index in [-0.39, 0.29) is 5.75 Å². The van der Waals surface area contributed by atoms with Gasteiger partial charge >= 0.3 is 0 Å². The lowest BCUT2D eigenvalue weighted by Gasteiger charge is -2.32. The van der Waals surface area contributed by atoms with Crippen molar-refractivity contribution in [1.29, 1.82) is 0 Å². The van der Waals surface area contributed by atoms with E-state index in [9.17, 15) is 8.42 Å². The molecule has 3 rings (SSSR count). The summed E-state index contributed by atoms with van der Waals surface area (Å²) in [7, 11) is -3.29. The van der Waals surface area contributed by atoms with E-state index in [1.807, 2.05) is 36.4 Å². The molecule has 134 valence electrons. The van der Waals surface area contributed by atoms with Crippen molar-refractivity contribution in [2.24, 2.45) is 0 Å². The van der Waals surface area contributed by atoms with Gasteiger partial charge < -0.3 is 0 Å². The molecule has 0 aromatic heterocycles. The lowest BCUT2D eigenvalue weighted by atomic mass is 9.90. The monoisotopic (exact) mass is 356 g/mol. The van der Waals surface area contributed by atoms with Crippen LogP contribution < -0.4 is 0 Å². The Hall–Kier alpha value is -1.61. The van der Waals surface area contributed by atoms with Gasteiger partial charge in [-0.25, -0.2) is 8.42 Å². The number of fused-ring (bicyclic) bond motifs is 3. The smallest absolute Gasteiger partial charge is 0.164 e. The zero-order valence-corrected chi connectivity index (χ0v) is 16.1. The number of hydrogen-bond donors (Lipinski definition) is 0. The Morgan fingerprint density at radius 1 is 0.760 bits per heavy atom. The number of hydrogen-bond acceptors (Lipinski definition) is 2. The van der Waals surface area contributed by atoms with E-state index in [2.05, 4.69) is 26.0 Å². The maximum atomic E-state index is 13.6. The molecule has 0 saturated heterocycles. The van der Waals surface area contributed by atoms with Crippen molar-refractivity contribution in [3.8, 4) is 11.1 Å². The molecular weight excluding hydrogens is 328 g/mol. The van der Waals surface area contributed by atoms with Gasteiger partial charge in [0, 0.05) is 0 Å². The fourth-order valence-corrected chi connectivity index (χ4v) is 6.68. The molecule has 2 aromatic rings. The summed E-state index contributed by atoms with van der Waals surface area (Å²) in [5.74, 6) is 0.262. The van der Waals surface area contributed by atoms with Gasteiger partial charge in [0.1, 0.15) is 4.75 Å². The predicted octanol–water partition coefficient (Wildman–Crippen LogP) is 5.71. The van der Waals surface area contributed by atoms with Gasteiger partial charge in [0.15, 0.2) is 9.84 Å². The molecule has 0 amide bonds. The van der Waals surface area contributed by atoms with Crippen molar-refractivity contribution in [3.63, 3.8) is 0 Å². The first-order valence-corrected chi connectivity index (χ1v) is 11.2. The van der Waals surface area contributed by atoms with E-state index in [1.54, 1.807) is 0 Å². The first-order chi connectivity index (χ1) is 12.1. The highest BCUT2D eigenvalue weighted by Crippen LogP contribution is 2.54. The van der Waals surface area contributed by atoms with Crippen LogP contribution in [0.5, 0.6) is 0 Å². The molecule has 1 aliphatic carbocycles. The standard InChI is InChI=1S/C22H28O2S/c1-3-5-11-16-22(25(23,24)17-6-4-2)20-14-9-7-12-18(20)19-13-8-10-15-21(19)22/h7-10,12-15H,3-6,11,16-17H2,1-2H3. The van der Waals surface area contributed by atoms with Crippen molar-refractivity contribution >= 4 is 9.84 Å². The highest BCUT2D eigenvalue weighted by molar-refractivity contribution is 7.92.